The quantitative estimate of drug-likeness (QED) is 0.748. The van der Waals surface area contributed by atoms with Crippen LogP contribution >= 0.6 is 0 Å². The average Bonchev–Trinajstić information content (AvgIpc) is 2.87. The SMILES string of the molecule is CCCC1(C(=O)NC(C)C(=O)N(C)CC)CCNC1. The summed E-state index contributed by atoms with van der Waals surface area (Å²) < 4.78 is 0. The van der Waals surface area contributed by atoms with Gasteiger partial charge in [0.2, 0.25) is 11.8 Å². The molecule has 1 aliphatic heterocycles. The van der Waals surface area contributed by atoms with Gasteiger partial charge in [0.05, 0.1) is 5.41 Å². The van der Waals surface area contributed by atoms with Crippen LogP contribution in [0.25, 0.3) is 0 Å². The van der Waals surface area contributed by atoms with Crippen LogP contribution in [0.3, 0.4) is 0 Å². The molecule has 2 unspecified atom stereocenters. The average molecular weight is 269 g/mol. The van der Waals surface area contributed by atoms with Gasteiger partial charge in [-0.25, -0.2) is 0 Å². The Balaban J connectivity index is 2.64. The molecule has 2 amide bonds. The molecule has 1 aliphatic rings. The number of hydrogen-bond donors (Lipinski definition) is 2. The second kappa shape index (κ2) is 6.89. The molecule has 0 spiro atoms. The van der Waals surface area contributed by atoms with E-state index in [0.717, 1.165) is 32.4 Å². The maximum absolute atomic E-state index is 12.5. The molecule has 0 aromatic carbocycles. The van der Waals surface area contributed by atoms with Gasteiger partial charge in [-0.15, -0.1) is 0 Å². The molecule has 0 aromatic rings. The van der Waals surface area contributed by atoms with Crippen LogP contribution in [0.15, 0.2) is 0 Å². The summed E-state index contributed by atoms with van der Waals surface area (Å²) in [5.41, 5.74) is -0.325. The molecule has 2 atom stereocenters. The fourth-order valence-electron chi connectivity index (χ4n) is 2.64. The van der Waals surface area contributed by atoms with Crippen LogP contribution in [0.1, 0.15) is 40.0 Å². The number of nitrogens with zero attached hydrogens (tertiary/aromatic N) is 1. The summed E-state index contributed by atoms with van der Waals surface area (Å²) >= 11 is 0. The zero-order valence-corrected chi connectivity index (χ0v) is 12.6. The third-order valence-electron chi connectivity index (χ3n) is 4.02. The first-order chi connectivity index (χ1) is 8.96. The summed E-state index contributed by atoms with van der Waals surface area (Å²) in [7, 11) is 1.75. The highest BCUT2D eigenvalue weighted by atomic mass is 16.2. The van der Waals surface area contributed by atoms with Gasteiger partial charge in [-0.05, 0) is 33.2 Å². The second-order valence-corrected chi connectivity index (χ2v) is 5.50. The van der Waals surface area contributed by atoms with Crippen LogP contribution in [0, 0.1) is 5.41 Å². The number of carbonyl (C=O) groups is 2. The first-order valence-corrected chi connectivity index (χ1v) is 7.23. The van der Waals surface area contributed by atoms with E-state index in [1.807, 2.05) is 6.92 Å². The Morgan fingerprint density at radius 2 is 2.11 bits per heavy atom. The van der Waals surface area contributed by atoms with E-state index in [1.165, 1.54) is 0 Å². The summed E-state index contributed by atoms with van der Waals surface area (Å²) in [4.78, 5) is 26.1. The number of carbonyl (C=O) groups excluding carboxylic acids is 2. The predicted molar refractivity (Wildman–Crippen MR) is 75.7 cm³/mol. The molecule has 110 valence electrons. The van der Waals surface area contributed by atoms with E-state index < -0.39 is 6.04 Å². The fraction of sp³-hybridized carbons (Fsp3) is 0.857. The van der Waals surface area contributed by atoms with Gasteiger partial charge in [0.25, 0.3) is 0 Å². The summed E-state index contributed by atoms with van der Waals surface area (Å²) in [6, 6.07) is -0.452. The molecule has 5 nitrogen and oxygen atoms in total. The van der Waals surface area contributed by atoms with E-state index in [9.17, 15) is 9.59 Å². The third kappa shape index (κ3) is 3.69. The molecule has 1 fully saturated rings. The monoisotopic (exact) mass is 269 g/mol. The van der Waals surface area contributed by atoms with Gasteiger partial charge in [0, 0.05) is 20.1 Å². The Bertz CT molecular complexity index is 325. The summed E-state index contributed by atoms with van der Waals surface area (Å²) in [5.74, 6) is -0.0156. The molecule has 0 aliphatic carbocycles. The minimum Gasteiger partial charge on any atom is -0.344 e. The van der Waals surface area contributed by atoms with Gasteiger partial charge in [-0.2, -0.15) is 0 Å². The van der Waals surface area contributed by atoms with Crippen LogP contribution in [-0.2, 0) is 9.59 Å². The summed E-state index contributed by atoms with van der Waals surface area (Å²) in [6.45, 7) is 8.02. The number of amides is 2. The third-order valence-corrected chi connectivity index (χ3v) is 4.02. The highest BCUT2D eigenvalue weighted by molar-refractivity contribution is 5.90. The van der Waals surface area contributed by atoms with Crippen molar-refractivity contribution in [2.24, 2.45) is 5.41 Å². The first-order valence-electron chi connectivity index (χ1n) is 7.23. The van der Waals surface area contributed by atoms with E-state index in [-0.39, 0.29) is 17.2 Å². The zero-order chi connectivity index (χ0) is 14.5. The Kier molecular flexibility index (Phi) is 5.79. The smallest absolute Gasteiger partial charge is 0.244 e. The maximum Gasteiger partial charge on any atom is 0.244 e. The lowest BCUT2D eigenvalue weighted by Gasteiger charge is -2.29. The Labute approximate surface area is 116 Å². The topological polar surface area (TPSA) is 61.4 Å². The number of nitrogens with one attached hydrogen (secondary N) is 2. The van der Waals surface area contributed by atoms with Crippen molar-refractivity contribution in [2.45, 2.75) is 46.1 Å². The minimum absolute atomic E-state index is 0.0182. The van der Waals surface area contributed by atoms with Crippen molar-refractivity contribution in [1.29, 1.82) is 0 Å². The Hall–Kier alpha value is -1.10. The lowest BCUT2D eigenvalue weighted by atomic mass is 9.81. The number of likely N-dealkylation sites (N-methyl/N-ethyl adjacent to an activating group) is 1. The van der Waals surface area contributed by atoms with Crippen molar-refractivity contribution >= 4 is 11.8 Å². The number of rotatable bonds is 6. The van der Waals surface area contributed by atoms with Gasteiger partial charge < -0.3 is 15.5 Å². The highest BCUT2D eigenvalue weighted by Crippen LogP contribution is 2.31. The molecule has 1 heterocycles. The maximum atomic E-state index is 12.5. The number of hydrogen-bond acceptors (Lipinski definition) is 3. The van der Waals surface area contributed by atoms with Crippen molar-refractivity contribution in [1.82, 2.24) is 15.5 Å². The van der Waals surface area contributed by atoms with Gasteiger partial charge in [-0.3, -0.25) is 9.59 Å². The van der Waals surface area contributed by atoms with Crippen LogP contribution in [-0.4, -0.2) is 49.4 Å². The van der Waals surface area contributed by atoms with Gasteiger partial charge in [0.15, 0.2) is 0 Å². The molecule has 0 aromatic heterocycles. The summed E-state index contributed by atoms with van der Waals surface area (Å²) in [6.07, 6.45) is 2.71. The van der Waals surface area contributed by atoms with Crippen molar-refractivity contribution in [3.05, 3.63) is 0 Å². The van der Waals surface area contributed by atoms with Gasteiger partial charge >= 0.3 is 0 Å². The van der Waals surface area contributed by atoms with E-state index in [2.05, 4.69) is 17.6 Å². The van der Waals surface area contributed by atoms with Crippen molar-refractivity contribution < 1.29 is 9.59 Å². The lowest BCUT2D eigenvalue weighted by molar-refractivity contribution is -0.138. The van der Waals surface area contributed by atoms with E-state index in [0.29, 0.717) is 6.54 Å². The lowest BCUT2D eigenvalue weighted by Crippen LogP contribution is -2.51. The molecular formula is C14H27N3O2. The van der Waals surface area contributed by atoms with Crippen LogP contribution < -0.4 is 10.6 Å². The van der Waals surface area contributed by atoms with Crippen LogP contribution in [0.2, 0.25) is 0 Å². The summed E-state index contributed by atoms with van der Waals surface area (Å²) in [5, 5.41) is 6.15. The fourth-order valence-corrected chi connectivity index (χ4v) is 2.64. The van der Waals surface area contributed by atoms with Crippen molar-refractivity contribution in [3.63, 3.8) is 0 Å². The molecule has 2 N–H and O–H groups in total. The largest absolute Gasteiger partial charge is 0.344 e. The van der Waals surface area contributed by atoms with Crippen molar-refractivity contribution in [3.8, 4) is 0 Å². The van der Waals surface area contributed by atoms with Gasteiger partial charge in [0.1, 0.15) is 6.04 Å². The highest BCUT2D eigenvalue weighted by Gasteiger charge is 2.41. The molecule has 19 heavy (non-hydrogen) atoms. The van der Waals surface area contributed by atoms with Gasteiger partial charge in [-0.1, -0.05) is 13.3 Å². The molecular weight excluding hydrogens is 242 g/mol. The Morgan fingerprint density at radius 1 is 1.42 bits per heavy atom. The van der Waals surface area contributed by atoms with E-state index in [1.54, 1.807) is 18.9 Å². The Morgan fingerprint density at radius 3 is 2.58 bits per heavy atom. The molecule has 0 bridgehead atoms. The normalized spacial score (nSPS) is 24.0. The molecule has 5 heteroatoms. The zero-order valence-electron chi connectivity index (χ0n) is 12.6. The molecule has 1 saturated heterocycles. The minimum atomic E-state index is -0.452. The van der Waals surface area contributed by atoms with E-state index in [4.69, 9.17) is 0 Å². The molecule has 1 rings (SSSR count). The van der Waals surface area contributed by atoms with Crippen LogP contribution in [0.5, 0.6) is 0 Å². The van der Waals surface area contributed by atoms with Crippen LogP contribution in [0.4, 0.5) is 0 Å². The van der Waals surface area contributed by atoms with Crippen molar-refractivity contribution in [2.75, 3.05) is 26.7 Å². The molecule has 0 radical (unpaired) electrons. The predicted octanol–water partition coefficient (Wildman–Crippen LogP) is 0.749. The first kappa shape index (κ1) is 16.0. The standard InChI is InChI=1S/C14H27N3O2/c1-5-7-14(8-9-15-10-14)13(19)16-11(3)12(18)17(4)6-2/h11,15H,5-10H2,1-4H3,(H,16,19). The molecule has 0 saturated carbocycles. The van der Waals surface area contributed by atoms with E-state index >= 15 is 0 Å². The second-order valence-electron chi connectivity index (χ2n) is 5.50.